The number of anilines is 1. The van der Waals surface area contributed by atoms with E-state index in [-0.39, 0.29) is 10.7 Å². The van der Waals surface area contributed by atoms with E-state index in [1.807, 2.05) is 6.07 Å². The zero-order chi connectivity index (χ0) is 17.3. The van der Waals surface area contributed by atoms with Gasteiger partial charge in [0.05, 0.1) is 22.2 Å². The Morgan fingerprint density at radius 2 is 2.08 bits per heavy atom. The van der Waals surface area contributed by atoms with Crippen LogP contribution in [0.15, 0.2) is 35.1 Å². The van der Waals surface area contributed by atoms with Gasteiger partial charge in [0, 0.05) is 16.2 Å². The highest BCUT2D eigenvalue weighted by molar-refractivity contribution is 9.10. The van der Waals surface area contributed by atoms with Crippen molar-refractivity contribution in [3.8, 4) is 0 Å². The zero-order valence-electron chi connectivity index (χ0n) is 11.9. The first kappa shape index (κ1) is 17.3. The van der Waals surface area contributed by atoms with Crippen LogP contribution in [0.5, 0.6) is 0 Å². The van der Waals surface area contributed by atoms with E-state index in [0.717, 1.165) is 5.56 Å². The van der Waals surface area contributed by atoms with E-state index in [1.54, 1.807) is 23.0 Å². The van der Waals surface area contributed by atoms with Crippen molar-refractivity contribution in [3.05, 3.63) is 61.4 Å². The Balaban J connectivity index is 1.78. The highest BCUT2D eigenvalue weighted by Crippen LogP contribution is 2.25. The van der Waals surface area contributed by atoms with Gasteiger partial charge >= 0.3 is 0 Å². The number of aromatic nitrogens is 4. The van der Waals surface area contributed by atoms with Gasteiger partial charge in [-0.2, -0.15) is 10.2 Å². The number of amides is 1. The number of carbonyl (C=O) groups is 1. The van der Waals surface area contributed by atoms with Gasteiger partial charge in [-0.25, -0.2) is 0 Å². The molecule has 0 unspecified atom stereocenters. The molecule has 2 heterocycles. The summed E-state index contributed by atoms with van der Waals surface area (Å²) in [6, 6.07) is 5.24. The van der Waals surface area contributed by atoms with Crippen LogP contribution in [0, 0.1) is 0 Å². The van der Waals surface area contributed by atoms with Crippen molar-refractivity contribution < 1.29 is 4.79 Å². The molecule has 0 aliphatic heterocycles. The van der Waals surface area contributed by atoms with Gasteiger partial charge in [-0.15, -0.1) is 0 Å². The monoisotopic (exact) mass is 447 g/mol. The van der Waals surface area contributed by atoms with Crippen molar-refractivity contribution in [3.63, 3.8) is 0 Å². The number of rotatable bonds is 4. The second-order valence-corrected chi connectivity index (χ2v) is 6.91. The number of halogens is 4. The largest absolute Gasteiger partial charge is 0.303 e. The summed E-state index contributed by atoms with van der Waals surface area (Å²) in [7, 11) is 0. The maximum absolute atomic E-state index is 12.1. The fraction of sp³-hybridized carbons (Fsp3) is 0.0714. The molecule has 0 aliphatic carbocycles. The molecule has 124 valence electrons. The third-order valence-corrected chi connectivity index (χ3v) is 4.57. The van der Waals surface area contributed by atoms with Crippen LogP contribution in [-0.2, 0) is 6.54 Å². The average molecular weight is 450 g/mol. The molecular formula is C14H9BrCl3N5O. The number of hydrogen-bond acceptors (Lipinski definition) is 3. The lowest BCUT2D eigenvalue weighted by Crippen LogP contribution is -2.14. The highest BCUT2D eigenvalue weighted by atomic mass is 79.9. The first-order chi connectivity index (χ1) is 11.4. The smallest absolute Gasteiger partial charge is 0.276 e. The summed E-state index contributed by atoms with van der Waals surface area (Å²) in [6.07, 6.45) is 3.09. The number of H-pyrrole nitrogens is 1. The summed E-state index contributed by atoms with van der Waals surface area (Å²) >= 11 is 21.3. The lowest BCUT2D eigenvalue weighted by molar-refractivity contribution is 0.102. The Hall–Kier alpha value is -1.54. The summed E-state index contributed by atoms with van der Waals surface area (Å²) in [5.74, 6) is -0.0799. The predicted molar refractivity (Wildman–Crippen MR) is 97.0 cm³/mol. The second kappa shape index (κ2) is 7.14. The van der Waals surface area contributed by atoms with Gasteiger partial charge in [0.15, 0.2) is 5.82 Å². The number of nitrogens with one attached hydrogen (secondary N) is 2. The standard InChI is InChI=1S/C14H9BrCl3N5O/c15-9-6-23(5-7-1-2-8(16)3-10(7)17)22-13(9)20-14(24)12-11(18)4-19-21-12/h1-4,6H,5H2,(H,19,21)(H,20,22,24). The maximum Gasteiger partial charge on any atom is 0.276 e. The van der Waals surface area contributed by atoms with Gasteiger partial charge in [-0.3, -0.25) is 14.6 Å². The van der Waals surface area contributed by atoms with Gasteiger partial charge < -0.3 is 5.32 Å². The number of nitrogens with zero attached hydrogens (tertiary/aromatic N) is 3. The Labute approximate surface area is 160 Å². The van der Waals surface area contributed by atoms with Crippen molar-refractivity contribution in [2.24, 2.45) is 0 Å². The summed E-state index contributed by atoms with van der Waals surface area (Å²) in [5, 5.41) is 14.5. The molecule has 0 radical (unpaired) electrons. The van der Waals surface area contributed by atoms with Gasteiger partial charge in [-0.1, -0.05) is 40.9 Å². The average Bonchev–Trinajstić information content (AvgIpc) is 3.08. The first-order valence-corrected chi connectivity index (χ1v) is 8.54. The molecule has 1 amide bonds. The molecule has 0 saturated carbocycles. The molecule has 2 aromatic heterocycles. The molecule has 0 fully saturated rings. The minimum atomic E-state index is -0.437. The number of carbonyl (C=O) groups excluding carboxylic acids is 1. The van der Waals surface area contributed by atoms with E-state index in [4.69, 9.17) is 34.8 Å². The van der Waals surface area contributed by atoms with E-state index >= 15 is 0 Å². The van der Waals surface area contributed by atoms with Crippen LogP contribution in [0.1, 0.15) is 16.1 Å². The van der Waals surface area contributed by atoms with E-state index in [2.05, 4.69) is 36.5 Å². The Morgan fingerprint density at radius 3 is 2.75 bits per heavy atom. The Bertz CT molecular complexity index is 908. The van der Waals surface area contributed by atoms with E-state index < -0.39 is 5.91 Å². The fourth-order valence-electron chi connectivity index (χ4n) is 1.99. The summed E-state index contributed by atoms with van der Waals surface area (Å²) in [5.41, 5.74) is 1.02. The SMILES string of the molecule is O=C(Nc1nn(Cc2ccc(Cl)cc2Cl)cc1Br)c1[nH]ncc1Cl. The molecule has 3 aromatic rings. The molecule has 0 spiro atoms. The summed E-state index contributed by atoms with van der Waals surface area (Å²) in [6.45, 7) is 0.426. The Kier molecular flexibility index (Phi) is 5.15. The van der Waals surface area contributed by atoms with Crippen LogP contribution in [-0.4, -0.2) is 25.9 Å². The molecule has 24 heavy (non-hydrogen) atoms. The number of aromatic amines is 1. The molecule has 1 aromatic carbocycles. The molecule has 0 saturated heterocycles. The fourth-order valence-corrected chi connectivity index (χ4v) is 3.05. The predicted octanol–water partition coefficient (Wildman–Crippen LogP) is 4.63. The molecule has 0 aliphatic rings. The van der Waals surface area contributed by atoms with Crippen LogP contribution in [0.4, 0.5) is 5.82 Å². The molecule has 10 heteroatoms. The minimum absolute atomic E-state index is 0.166. The van der Waals surface area contributed by atoms with E-state index in [1.165, 1.54) is 6.20 Å². The lowest BCUT2D eigenvalue weighted by atomic mass is 10.2. The van der Waals surface area contributed by atoms with Crippen molar-refractivity contribution in [1.82, 2.24) is 20.0 Å². The maximum atomic E-state index is 12.1. The molecule has 2 N–H and O–H groups in total. The highest BCUT2D eigenvalue weighted by Gasteiger charge is 2.16. The van der Waals surface area contributed by atoms with Crippen LogP contribution in [0.3, 0.4) is 0 Å². The van der Waals surface area contributed by atoms with E-state index in [0.29, 0.717) is 26.9 Å². The van der Waals surface area contributed by atoms with Crippen molar-refractivity contribution in [2.75, 3.05) is 5.32 Å². The van der Waals surface area contributed by atoms with Gasteiger partial charge in [0.2, 0.25) is 0 Å². The van der Waals surface area contributed by atoms with Crippen molar-refractivity contribution in [2.45, 2.75) is 6.54 Å². The summed E-state index contributed by atoms with van der Waals surface area (Å²) in [4.78, 5) is 12.1. The van der Waals surface area contributed by atoms with Crippen molar-refractivity contribution >= 4 is 62.5 Å². The minimum Gasteiger partial charge on any atom is -0.303 e. The Morgan fingerprint density at radius 1 is 1.29 bits per heavy atom. The van der Waals surface area contributed by atoms with Crippen LogP contribution >= 0.6 is 50.7 Å². The van der Waals surface area contributed by atoms with Crippen LogP contribution in [0.25, 0.3) is 0 Å². The second-order valence-electron chi connectivity index (χ2n) is 4.81. The van der Waals surface area contributed by atoms with Gasteiger partial charge in [-0.05, 0) is 33.6 Å². The molecule has 0 atom stereocenters. The van der Waals surface area contributed by atoms with Crippen LogP contribution in [0.2, 0.25) is 15.1 Å². The number of hydrogen-bond donors (Lipinski definition) is 2. The van der Waals surface area contributed by atoms with E-state index in [9.17, 15) is 4.79 Å². The third-order valence-electron chi connectivity index (χ3n) is 3.12. The topological polar surface area (TPSA) is 75.6 Å². The van der Waals surface area contributed by atoms with Gasteiger partial charge in [0.25, 0.3) is 5.91 Å². The molecule has 3 rings (SSSR count). The quantitative estimate of drug-likeness (QED) is 0.610. The molecule has 6 nitrogen and oxygen atoms in total. The number of benzene rings is 1. The van der Waals surface area contributed by atoms with Crippen molar-refractivity contribution in [1.29, 1.82) is 0 Å². The molecular weight excluding hydrogens is 440 g/mol. The normalized spacial score (nSPS) is 10.8. The lowest BCUT2D eigenvalue weighted by Gasteiger charge is -2.05. The summed E-state index contributed by atoms with van der Waals surface area (Å²) < 4.78 is 2.26. The van der Waals surface area contributed by atoms with Crippen LogP contribution < -0.4 is 5.32 Å². The molecule has 0 bridgehead atoms. The van der Waals surface area contributed by atoms with Gasteiger partial charge in [0.1, 0.15) is 5.69 Å². The zero-order valence-corrected chi connectivity index (χ0v) is 15.7. The third kappa shape index (κ3) is 3.75. The first-order valence-electron chi connectivity index (χ1n) is 6.61.